The van der Waals surface area contributed by atoms with E-state index in [1.807, 2.05) is 49.5 Å². The van der Waals surface area contributed by atoms with Crippen molar-refractivity contribution in [2.24, 2.45) is 0 Å². The highest BCUT2D eigenvalue weighted by Crippen LogP contribution is 2.49. The zero-order valence-corrected chi connectivity index (χ0v) is 12.4. The Hall–Kier alpha value is -2.16. The third-order valence-electron chi connectivity index (χ3n) is 4.24. The molecule has 0 radical (unpaired) electrons. The van der Waals surface area contributed by atoms with Crippen molar-refractivity contribution in [1.82, 2.24) is 4.98 Å². The van der Waals surface area contributed by atoms with Crippen LogP contribution in [0, 0.1) is 6.92 Å². The number of hydrogen-bond donors (Lipinski definition) is 0. The van der Waals surface area contributed by atoms with Gasteiger partial charge in [-0.15, -0.1) is 0 Å². The van der Waals surface area contributed by atoms with Crippen LogP contribution in [0.5, 0.6) is 5.75 Å². The minimum Gasteiger partial charge on any atom is -0.497 e. The molecule has 1 heterocycles. The van der Waals surface area contributed by atoms with Gasteiger partial charge in [0.2, 0.25) is 0 Å². The van der Waals surface area contributed by atoms with Crippen LogP contribution in [0.25, 0.3) is 0 Å². The fourth-order valence-electron chi connectivity index (χ4n) is 2.70. The molecule has 0 bridgehead atoms. The van der Waals surface area contributed by atoms with E-state index in [-0.39, 0.29) is 11.2 Å². The molecule has 3 nitrogen and oxygen atoms in total. The lowest BCUT2D eigenvalue weighted by atomic mass is 9.89. The van der Waals surface area contributed by atoms with Crippen LogP contribution in [0.3, 0.4) is 0 Å². The molecule has 3 heteroatoms. The van der Waals surface area contributed by atoms with Crippen molar-refractivity contribution in [2.75, 3.05) is 7.11 Å². The molecule has 3 rings (SSSR count). The SMILES string of the molecule is COc1ccc(C2(C(=O)Cc3ccc(C)cn3)CC2)cc1. The lowest BCUT2D eigenvalue weighted by Crippen LogP contribution is -2.22. The maximum absolute atomic E-state index is 12.7. The summed E-state index contributed by atoms with van der Waals surface area (Å²) in [5.74, 6) is 1.09. The van der Waals surface area contributed by atoms with Gasteiger partial charge in [-0.2, -0.15) is 0 Å². The Labute approximate surface area is 125 Å². The molecular weight excluding hydrogens is 262 g/mol. The summed E-state index contributed by atoms with van der Waals surface area (Å²) in [7, 11) is 1.65. The zero-order chi connectivity index (χ0) is 14.9. The zero-order valence-electron chi connectivity index (χ0n) is 12.4. The molecule has 1 saturated carbocycles. The van der Waals surface area contributed by atoms with Gasteiger partial charge in [-0.1, -0.05) is 18.2 Å². The predicted octanol–water partition coefficient (Wildman–Crippen LogP) is 3.24. The molecule has 0 atom stereocenters. The van der Waals surface area contributed by atoms with Crippen LogP contribution in [0.4, 0.5) is 0 Å². The maximum Gasteiger partial charge on any atom is 0.149 e. The van der Waals surface area contributed by atoms with E-state index in [4.69, 9.17) is 4.74 Å². The number of aryl methyl sites for hydroxylation is 1. The van der Waals surface area contributed by atoms with Gasteiger partial charge in [0.1, 0.15) is 11.5 Å². The van der Waals surface area contributed by atoms with Crippen molar-refractivity contribution in [3.05, 3.63) is 59.4 Å². The number of carbonyl (C=O) groups is 1. The van der Waals surface area contributed by atoms with Gasteiger partial charge in [-0.3, -0.25) is 9.78 Å². The van der Waals surface area contributed by atoms with Crippen molar-refractivity contribution < 1.29 is 9.53 Å². The van der Waals surface area contributed by atoms with Crippen molar-refractivity contribution in [1.29, 1.82) is 0 Å². The van der Waals surface area contributed by atoms with E-state index in [9.17, 15) is 4.79 Å². The molecule has 0 unspecified atom stereocenters. The summed E-state index contributed by atoms with van der Waals surface area (Å²) in [6.07, 6.45) is 4.09. The first-order valence-corrected chi connectivity index (χ1v) is 7.23. The summed E-state index contributed by atoms with van der Waals surface area (Å²) in [5, 5.41) is 0. The normalized spacial score (nSPS) is 15.5. The number of nitrogens with zero attached hydrogens (tertiary/aromatic N) is 1. The van der Waals surface area contributed by atoms with E-state index in [0.717, 1.165) is 35.4 Å². The second kappa shape index (κ2) is 5.32. The summed E-state index contributed by atoms with van der Waals surface area (Å²) in [6, 6.07) is 11.8. The van der Waals surface area contributed by atoms with Gasteiger partial charge >= 0.3 is 0 Å². The van der Waals surface area contributed by atoms with Gasteiger partial charge in [-0.05, 0) is 49.1 Å². The largest absolute Gasteiger partial charge is 0.497 e. The number of Topliss-reactive ketones (excluding diaryl/α,β-unsaturated/α-hetero) is 1. The highest BCUT2D eigenvalue weighted by molar-refractivity contribution is 5.94. The molecule has 21 heavy (non-hydrogen) atoms. The molecule has 0 spiro atoms. The Bertz CT molecular complexity index is 640. The van der Waals surface area contributed by atoms with Gasteiger partial charge in [0, 0.05) is 18.3 Å². The third-order valence-corrected chi connectivity index (χ3v) is 4.24. The van der Waals surface area contributed by atoms with Crippen molar-refractivity contribution in [3.63, 3.8) is 0 Å². The minimum atomic E-state index is -0.293. The summed E-state index contributed by atoms with van der Waals surface area (Å²) in [5.41, 5.74) is 2.77. The lowest BCUT2D eigenvalue weighted by molar-refractivity contribution is -0.120. The number of aromatic nitrogens is 1. The summed E-state index contributed by atoms with van der Waals surface area (Å²) < 4.78 is 5.17. The number of hydrogen-bond acceptors (Lipinski definition) is 3. The molecule has 0 aliphatic heterocycles. The van der Waals surface area contributed by atoms with E-state index < -0.39 is 0 Å². The Morgan fingerprint density at radius 3 is 2.43 bits per heavy atom. The molecule has 0 N–H and O–H groups in total. The van der Waals surface area contributed by atoms with Crippen LogP contribution in [0.1, 0.15) is 29.7 Å². The number of pyridine rings is 1. The van der Waals surface area contributed by atoms with Crippen LogP contribution in [0.2, 0.25) is 0 Å². The summed E-state index contributed by atoms with van der Waals surface area (Å²) in [6.45, 7) is 2.00. The average molecular weight is 281 g/mol. The monoisotopic (exact) mass is 281 g/mol. The average Bonchev–Trinajstić information content (AvgIpc) is 3.31. The van der Waals surface area contributed by atoms with Gasteiger partial charge in [0.25, 0.3) is 0 Å². The Morgan fingerprint density at radius 1 is 1.19 bits per heavy atom. The summed E-state index contributed by atoms with van der Waals surface area (Å²) in [4.78, 5) is 17.0. The van der Waals surface area contributed by atoms with Gasteiger partial charge in [0.15, 0.2) is 0 Å². The smallest absolute Gasteiger partial charge is 0.149 e. The standard InChI is InChI=1S/C18H19NO2/c1-13-3-6-15(19-12-13)11-17(20)18(9-10-18)14-4-7-16(21-2)8-5-14/h3-8,12H,9-11H2,1-2H3. The lowest BCUT2D eigenvalue weighted by Gasteiger charge is -2.15. The van der Waals surface area contributed by atoms with Crippen LogP contribution in [-0.2, 0) is 16.6 Å². The number of ether oxygens (including phenoxy) is 1. The number of ketones is 1. The van der Waals surface area contributed by atoms with E-state index in [2.05, 4.69) is 4.98 Å². The Kier molecular flexibility index (Phi) is 3.50. The Balaban J connectivity index is 1.78. The van der Waals surface area contributed by atoms with Crippen molar-refractivity contribution in [3.8, 4) is 5.75 Å². The molecule has 2 aromatic rings. The highest BCUT2D eigenvalue weighted by Gasteiger charge is 2.50. The molecule has 108 valence electrons. The van der Waals surface area contributed by atoms with Crippen LogP contribution < -0.4 is 4.74 Å². The number of benzene rings is 1. The van der Waals surface area contributed by atoms with E-state index in [0.29, 0.717) is 6.42 Å². The number of carbonyl (C=O) groups excluding carboxylic acids is 1. The molecule has 1 aromatic carbocycles. The van der Waals surface area contributed by atoms with Gasteiger partial charge in [0.05, 0.1) is 12.5 Å². The van der Waals surface area contributed by atoms with Crippen molar-refractivity contribution >= 4 is 5.78 Å². The van der Waals surface area contributed by atoms with E-state index in [1.54, 1.807) is 7.11 Å². The molecule has 1 aromatic heterocycles. The van der Waals surface area contributed by atoms with Crippen molar-refractivity contribution in [2.45, 2.75) is 31.6 Å². The highest BCUT2D eigenvalue weighted by atomic mass is 16.5. The topological polar surface area (TPSA) is 39.2 Å². The first-order valence-electron chi connectivity index (χ1n) is 7.23. The minimum absolute atomic E-state index is 0.268. The van der Waals surface area contributed by atoms with Crippen LogP contribution >= 0.6 is 0 Å². The Morgan fingerprint density at radius 2 is 1.90 bits per heavy atom. The molecule has 0 saturated heterocycles. The molecule has 1 fully saturated rings. The number of rotatable bonds is 5. The third kappa shape index (κ3) is 2.68. The first-order chi connectivity index (χ1) is 10.1. The van der Waals surface area contributed by atoms with Crippen LogP contribution in [0.15, 0.2) is 42.6 Å². The number of methoxy groups -OCH3 is 1. The van der Waals surface area contributed by atoms with E-state index in [1.165, 1.54) is 0 Å². The quantitative estimate of drug-likeness (QED) is 0.844. The molecule has 0 amide bonds. The van der Waals surface area contributed by atoms with E-state index >= 15 is 0 Å². The fraction of sp³-hybridized carbons (Fsp3) is 0.333. The molecule has 1 aliphatic carbocycles. The summed E-state index contributed by atoms with van der Waals surface area (Å²) >= 11 is 0. The molecule has 1 aliphatic rings. The van der Waals surface area contributed by atoms with Gasteiger partial charge in [-0.25, -0.2) is 0 Å². The second-order valence-electron chi connectivity index (χ2n) is 5.74. The maximum atomic E-state index is 12.7. The first kappa shape index (κ1) is 13.8. The van der Waals surface area contributed by atoms with Crippen LogP contribution in [-0.4, -0.2) is 17.9 Å². The fourth-order valence-corrected chi connectivity index (χ4v) is 2.70. The molecular formula is C18H19NO2. The predicted molar refractivity (Wildman–Crippen MR) is 81.6 cm³/mol. The van der Waals surface area contributed by atoms with Gasteiger partial charge < -0.3 is 4.74 Å². The second-order valence-corrected chi connectivity index (χ2v) is 5.74.